The first-order valence-corrected chi connectivity index (χ1v) is 9.42. The Kier molecular flexibility index (Phi) is 5.22. The van der Waals surface area contributed by atoms with E-state index in [4.69, 9.17) is 37.4 Å². The molecule has 2 heterocycles. The van der Waals surface area contributed by atoms with Crippen molar-refractivity contribution in [2.24, 2.45) is 0 Å². The molecule has 148 valence electrons. The largest absolute Gasteiger partial charge is 0.493 e. The van der Waals surface area contributed by atoms with E-state index < -0.39 is 0 Å². The summed E-state index contributed by atoms with van der Waals surface area (Å²) in [7, 11) is 4.76. The average Bonchev–Trinajstić information content (AvgIpc) is 3.17. The highest BCUT2D eigenvalue weighted by atomic mass is 35.5. The van der Waals surface area contributed by atoms with E-state index in [9.17, 15) is 0 Å². The second kappa shape index (κ2) is 7.81. The van der Waals surface area contributed by atoms with Gasteiger partial charge in [0.15, 0.2) is 23.0 Å². The maximum Gasteiger partial charge on any atom is 0.203 e. The van der Waals surface area contributed by atoms with Gasteiger partial charge in [-0.2, -0.15) is 0 Å². The second-order valence-electron chi connectivity index (χ2n) is 6.21. The number of hydrogen-bond donors (Lipinski definition) is 0. The lowest BCUT2D eigenvalue weighted by Crippen LogP contribution is -1.96. The Morgan fingerprint density at radius 3 is 2.03 bits per heavy atom. The molecule has 0 aliphatic heterocycles. The van der Waals surface area contributed by atoms with E-state index in [2.05, 4.69) is 10.2 Å². The third kappa shape index (κ3) is 3.45. The van der Waals surface area contributed by atoms with Crippen LogP contribution in [-0.4, -0.2) is 35.9 Å². The molecule has 0 amide bonds. The molecule has 0 spiro atoms. The lowest BCUT2D eigenvalue weighted by atomic mass is 10.1. The summed E-state index contributed by atoms with van der Waals surface area (Å²) >= 11 is 12.2. The number of aromatic nitrogens is 3. The van der Waals surface area contributed by atoms with Gasteiger partial charge in [0, 0.05) is 11.8 Å². The number of ether oxygens (including phenoxy) is 3. The molecular formula is C21H17Cl2N3O3. The number of hydrogen-bond acceptors (Lipinski definition) is 5. The molecule has 0 N–H and O–H groups in total. The monoisotopic (exact) mass is 429 g/mol. The molecule has 0 saturated carbocycles. The van der Waals surface area contributed by atoms with E-state index in [-0.39, 0.29) is 0 Å². The van der Waals surface area contributed by atoms with Gasteiger partial charge >= 0.3 is 0 Å². The predicted molar refractivity (Wildman–Crippen MR) is 114 cm³/mol. The fraction of sp³-hybridized carbons (Fsp3) is 0.143. The molecular weight excluding hydrogens is 413 g/mol. The fourth-order valence-corrected chi connectivity index (χ4v) is 3.44. The minimum Gasteiger partial charge on any atom is -0.493 e. The van der Waals surface area contributed by atoms with Gasteiger partial charge in [0.25, 0.3) is 0 Å². The van der Waals surface area contributed by atoms with Crippen LogP contribution in [0.2, 0.25) is 10.0 Å². The summed E-state index contributed by atoms with van der Waals surface area (Å²) in [5.41, 5.74) is 3.35. The zero-order valence-corrected chi connectivity index (χ0v) is 17.5. The van der Waals surface area contributed by atoms with Crippen LogP contribution in [0.1, 0.15) is 0 Å². The number of pyridine rings is 1. The standard InChI is InChI=1S/C21H17Cl2N3O3/c1-27-17-9-14(10-18(28-2)20(17)29-3)13-5-7-19-24-25-21(26(19)11-13)12-4-6-15(22)16(23)8-12/h4-11H,1-3H3. The number of fused-ring (bicyclic) bond motifs is 1. The highest BCUT2D eigenvalue weighted by Gasteiger charge is 2.16. The van der Waals surface area contributed by atoms with Crippen molar-refractivity contribution in [2.75, 3.05) is 21.3 Å². The molecule has 8 heteroatoms. The molecule has 0 aliphatic rings. The number of nitrogens with zero attached hydrogens (tertiary/aromatic N) is 3. The van der Waals surface area contributed by atoms with E-state index in [0.29, 0.717) is 38.8 Å². The van der Waals surface area contributed by atoms with Crippen molar-refractivity contribution in [1.29, 1.82) is 0 Å². The quantitative estimate of drug-likeness (QED) is 0.425. The van der Waals surface area contributed by atoms with E-state index in [0.717, 1.165) is 16.7 Å². The fourth-order valence-electron chi connectivity index (χ4n) is 3.14. The van der Waals surface area contributed by atoms with Gasteiger partial charge in [-0.05, 0) is 53.6 Å². The third-order valence-corrected chi connectivity index (χ3v) is 5.32. The van der Waals surface area contributed by atoms with Gasteiger partial charge in [0.05, 0.1) is 31.4 Å². The van der Waals surface area contributed by atoms with Crippen molar-refractivity contribution < 1.29 is 14.2 Å². The second-order valence-corrected chi connectivity index (χ2v) is 7.03. The minimum absolute atomic E-state index is 0.460. The molecule has 2 aromatic heterocycles. The van der Waals surface area contributed by atoms with E-state index >= 15 is 0 Å². The first-order valence-electron chi connectivity index (χ1n) is 8.66. The van der Waals surface area contributed by atoms with Gasteiger partial charge in [-0.3, -0.25) is 4.40 Å². The van der Waals surface area contributed by atoms with Crippen LogP contribution in [0, 0.1) is 0 Å². The van der Waals surface area contributed by atoms with Crippen LogP contribution in [-0.2, 0) is 0 Å². The Balaban J connectivity index is 1.87. The highest BCUT2D eigenvalue weighted by molar-refractivity contribution is 6.42. The third-order valence-electron chi connectivity index (χ3n) is 4.58. The summed E-state index contributed by atoms with van der Waals surface area (Å²) in [6.45, 7) is 0. The summed E-state index contributed by atoms with van der Waals surface area (Å²) in [4.78, 5) is 0. The number of benzene rings is 2. The van der Waals surface area contributed by atoms with Crippen molar-refractivity contribution in [3.05, 3.63) is 58.7 Å². The normalized spacial score (nSPS) is 10.9. The van der Waals surface area contributed by atoms with Gasteiger partial charge in [-0.15, -0.1) is 10.2 Å². The molecule has 6 nitrogen and oxygen atoms in total. The van der Waals surface area contributed by atoms with Crippen LogP contribution >= 0.6 is 23.2 Å². The van der Waals surface area contributed by atoms with Crippen molar-refractivity contribution >= 4 is 28.8 Å². The first-order chi connectivity index (χ1) is 14.0. The average molecular weight is 430 g/mol. The van der Waals surface area contributed by atoms with E-state index in [1.165, 1.54) is 0 Å². The number of rotatable bonds is 5. The minimum atomic E-state index is 0.460. The smallest absolute Gasteiger partial charge is 0.203 e. The molecule has 0 radical (unpaired) electrons. The maximum atomic E-state index is 6.18. The molecule has 0 fully saturated rings. The van der Waals surface area contributed by atoms with Crippen LogP contribution in [0.15, 0.2) is 48.7 Å². The number of halogens is 2. The molecule has 29 heavy (non-hydrogen) atoms. The van der Waals surface area contributed by atoms with Crippen LogP contribution in [0.4, 0.5) is 0 Å². The van der Waals surface area contributed by atoms with Crippen LogP contribution < -0.4 is 14.2 Å². The van der Waals surface area contributed by atoms with Gasteiger partial charge in [-0.1, -0.05) is 23.2 Å². The van der Waals surface area contributed by atoms with Crippen LogP contribution in [0.25, 0.3) is 28.2 Å². The Bertz CT molecular complexity index is 1180. The highest BCUT2D eigenvalue weighted by Crippen LogP contribution is 2.41. The first kappa shape index (κ1) is 19.4. The Hall–Kier alpha value is -2.96. The SMILES string of the molecule is COc1cc(-c2ccc3nnc(-c4ccc(Cl)c(Cl)c4)n3c2)cc(OC)c1OC. The summed E-state index contributed by atoms with van der Waals surface area (Å²) in [6.07, 6.45) is 1.95. The van der Waals surface area contributed by atoms with Crippen LogP contribution in [0.5, 0.6) is 17.2 Å². The molecule has 0 unspecified atom stereocenters. The van der Waals surface area contributed by atoms with Gasteiger partial charge < -0.3 is 14.2 Å². The molecule has 0 aliphatic carbocycles. The molecule has 2 aromatic carbocycles. The zero-order valence-electron chi connectivity index (χ0n) is 15.9. The Labute approximate surface area is 177 Å². The molecule has 4 aromatic rings. The van der Waals surface area contributed by atoms with Gasteiger partial charge in [-0.25, -0.2) is 0 Å². The van der Waals surface area contributed by atoms with Crippen molar-refractivity contribution in [1.82, 2.24) is 14.6 Å². The van der Waals surface area contributed by atoms with Crippen molar-refractivity contribution in [3.63, 3.8) is 0 Å². The molecule has 4 rings (SSSR count). The van der Waals surface area contributed by atoms with Crippen molar-refractivity contribution in [3.8, 4) is 39.8 Å². The lowest BCUT2D eigenvalue weighted by Gasteiger charge is -2.14. The predicted octanol–water partition coefficient (Wildman–Crippen LogP) is 5.40. The summed E-state index contributed by atoms with van der Waals surface area (Å²) < 4.78 is 18.2. The molecule has 0 atom stereocenters. The van der Waals surface area contributed by atoms with Crippen molar-refractivity contribution in [2.45, 2.75) is 0 Å². The molecule has 0 bridgehead atoms. The zero-order chi connectivity index (χ0) is 20.5. The Morgan fingerprint density at radius 2 is 1.41 bits per heavy atom. The molecule has 0 saturated heterocycles. The summed E-state index contributed by atoms with van der Waals surface area (Å²) in [5.74, 6) is 2.36. The topological polar surface area (TPSA) is 57.9 Å². The summed E-state index contributed by atoms with van der Waals surface area (Å²) in [6, 6.07) is 13.0. The lowest BCUT2D eigenvalue weighted by molar-refractivity contribution is 0.324. The van der Waals surface area contributed by atoms with Crippen LogP contribution in [0.3, 0.4) is 0 Å². The number of methoxy groups -OCH3 is 3. The van der Waals surface area contributed by atoms with Gasteiger partial charge in [0.2, 0.25) is 5.75 Å². The van der Waals surface area contributed by atoms with E-state index in [1.54, 1.807) is 33.5 Å². The summed E-state index contributed by atoms with van der Waals surface area (Å²) in [5, 5.41) is 9.50. The Morgan fingerprint density at radius 1 is 0.724 bits per heavy atom. The van der Waals surface area contributed by atoms with Gasteiger partial charge in [0.1, 0.15) is 0 Å². The van der Waals surface area contributed by atoms with E-state index in [1.807, 2.05) is 40.9 Å². The maximum absolute atomic E-state index is 6.18.